The molecule has 0 aliphatic carbocycles. The molecular weight excluding hydrogens is 420 g/mol. The van der Waals surface area contributed by atoms with Gasteiger partial charge in [0.25, 0.3) is 0 Å². The molecule has 4 nitrogen and oxygen atoms in total. The summed E-state index contributed by atoms with van der Waals surface area (Å²) in [6.07, 6.45) is 0. The maximum atomic E-state index is 5.47. The average Bonchev–Trinajstić information content (AvgIpc) is 2.90. The quantitative estimate of drug-likeness (QED) is 0.538. The van der Waals surface area contributed by atoms with Gasteiger partial charge in [0.1, 0.15) is 0 Å². The number of hydrogen-bond acceptors (Lipinski definition) is 2. The lowest BCUT2D eigenvalue weighted by atomic mass is 10.1. The summed E-state index contributed by atoms with van der Waals surface area (Å²) in [6.45, 7) is 7.56. The van der Waals surface area contributed by atoms with Crippen LogP contribution >= 0.6 is 28.1 Å². The minimum absolute atomic E-state index is 0.602. The summed E-state index contributed by atoms with van der Waals surface area (Å²) >= 11 is 8.94. The number of halogens is 1. The second kappa shape index (κ2) is 8.67. The van der Waals surface area contributed by atoms with Crippen molar-refractivity contribution in [3.63, 3.8) is 0 Å². The Bertz CT molecular complexity index is 930. The van der Waals surface area contributed by atoms with E-state index in [0.717, 1.165) is 28.1 Å². The van der Waals surface area contributed by atoms with Crippen LogP contribution in [-0.4, -0.2) is 14.9 Å². The minimum Gasteiger partial charge on any atom is -0.358 e. The highest BCUT2D eigenvalue weighted by molar-refractivity contribution is 9.10. The predicted octanol–water partition coefficient (Wildman–Crippen LogP) is 5.11. The van der Waals surface area contributed by atoms with Gasteiger partial charge in [-0.2, -0.15) is 5.10 Å². The Kier molecular flexibility index (Phi) is 6.29. The number of thiocarbonyl (C=S) groups is 1. The molecule has 0 unspecified atom stereocenters. The maximum Gasteiger partial charge on any atom is 0.171 e. The first-order chi connectivity index (χ1) is 12.9. The maximum absolute atomic E-state index is 5.47. The van der Waals surface area contributed by atoms with E-state index in [2.05, 4.69) is 81.9 Å². The summed E-state index contributed by atoms with van der Waals surface area (Å²) in [4.78, 5) is 0. The number of benzene rings is 2. The van der Waals surface area contributed by atoms with E-state index in [1.165, 1.54) is 16.7 Å². The smallest absolute Gasteiger partial charge is 0.171 e. The summed E-state index contributed by atoms with van der Waals surface area (Å²) in [5, 5.41) is 11.8. The van der Waals surface area contributed by atoms with Crippen LogP contribution in [0.15, 0.2) is 53.0 Å². The van der Waals surface area contributed by atoms with E-state index in [1.54, 1.807) is 0 Å². The number of hydrogen-bond donors (Lipinski definition) is 2. The first-order valence-corrected chi connectivity index (χ1v) is 10.0. The van der Waals surface area contributed by atoms with E-state index < -0.39 is 0 Å². The van der Waals surface area contributed by atoms with Gasteiger partial charge in [0, 0.05) is 11.0 Å². The van der Waals surface area contributed by atoms with E-state index >= 15 is 0 Å². The topological polar surface area (TPSA) is 41.9 Å². The molecule has 0 radical (unpaired) electrons. The molecule has 2 N–H and O–H groups in total. The summed E-state index contributed by atoms with van der Waals surface area (Å²) in [6, 6.07) is 16.7. The minimum atomic E-state index is 0.602. The highest BCUT2D eigenvalue weighted by Gasteiger charge is 2.13. The molecule has 0 spiro atoms. The first kappa shape index (κ1) is 19.6. The van der Waals surface area contributed by atoms with Crippen molar-refractivity contribution in [2.24, 2.45) is 0 Å². The number of nitrogens with one attached hydrogen (secondary N) is 2. The molecule has 0 bridgehead atoms. The first-order valence-electron chi connectivity index (χ1n) is 8.81. The van der Waals surface area contributed by atoms with E-state index in [0.29, 0.717) is 11.7 Å². The van der Waals surface area contributed by atoms with Gasteiger partial charge < -0.3 is 10.6 Å². The van der Waals surface area contributed by atoms with Crippen molar-refractivity contribution >= 4 is 38.9 Å². The van der Waals surface area contributed by atoms with Gasteiger partial charge in [-0.25, -0.2) is 0 Å². The molecule has 27 heavy (non-hydrogen) atoms. The zero-order valence-corrected chi connectivity index (χ0v) is 18.1. The lowest BCUT2D eigenvalue weighted by molar-refractivity contribution is 0.659. The molecule has 0 fully saturated rings. The van der Waals surface area contributed by atoms with Crippen LogP contribution in [0, 0.1) is 20.8 Å². The SMILES string of the molecule is Cc1ccc(CNC(=S)Nc2c(C)nn(Cc3ccc(Br)cc3)c2C)cc1. The van der Waals surface area contributed by atoms with Crippen LogP contribution in [-0.2, 0) is 13.1 Å². The van der Waals surface area contributed by atoms with Crippen LogP contribution < -0.4 is 10.6 Å². The molecule has 140 valence electrons. The third-order valence-corrected chi connectivity index (χ3v) is 5.21. The van der Waals surface area contributed by atoms with Crippen LogP contribution in [0.5, 0.6) is 0 Å². The molecule has 1 aromatic heterocycles. The van der Waals surface area contributed by atoms with Gasteiger partial charge in [-0.1, -0.05) is 57.9 Å². The Hall–Kier alpha value is -2.18. The van der Waals surface area contributed by atoms with Crippen molar-refractivity contribution in [1.29, 1.82) is 0 Å². The second-order valence-corrected chi connectivity index (χ2v) is 7.95. The summed E-state index contributed by atoms with van der Waals surface area (Å²) in [7, 11) is 0. The van der Waals surface area contributed by atoms with Crippen molar-refractivity contribution in [3.8, 4) is 0 Å². The Balaban J connectivity index is 1.64. The molecule has 1 heterocycles. The summed E-state index contributed by atoms with van der Waals surface area (Å²) in [5.74, 6) is 0. The molecule has 3 rings (SSSR count). The zero-order chi connectivity index (χ0) is 19.4. The number of nitrogens with zero attached hydrogens (tertiary/aromatic N) is 2. The number of anilines is 1. The van der Waals surface area contributed by atoms with Crippen molar-refractivity contribution < 1.29 is 0 Å². The molecule has 3 aromatic rings. The van der Waals surface area contributed by atoms with Gasteiger partial charge in [0.05, 0.1) is 23.6 Å². The fourth-order valence-electron chi connectivity index (χ4n) is 2.84. The molecule has 0 atom stereocenters. The lowest BCUT2D eigenvalue weighted by Crippen LogP contribution is -2.28. The van der Waals surface area contributed by atoms with E-state index in [9.17, 15) is 0 Å². The number of rotatable bonds is 5. The largest absolute Gasteiger partial charge is 0.358 e. The zero-order valence-electron chi connectivity index (χ0n) is 15.7. The standard InChI is InChI=1S/C21H23BrN4S/c1-14-4-6-17(7-5-14)12-23-21(27)24-20-15(2)25-26(16(20)3)13-18-8-10-19(22)11-9-18/h4-11H,12-13H2,1-3H3,(H2,23,24,27). The van der Waals surface area contributed by atoms with E-state index in [1.807, 2.05) is 23.7 Å². The number of aryl methyl sites for hydroxylation is 2. The molecule has 0 amide bonds. The molecule has 6 heteroatoms. The van der Waals surface area contributed by atoms with Gasteiger partial charge in [0.15, 0.2) is 5.11 Å². The molecule has 0 saturated heterocycles. The highest BCUT2D eigenvalue weighted by Crippen LogP contribution is 2.21. The van der Waals surface area contributed by atoms with E-state index in [-0.39, 0.29) is 0 Å². The Morgan fingerprint density at radius 3 is 2.30 bits per heavy atom. The van der Waals surface area contributed by atoms with Gasteiger partial charge in [-0.15, -0.1) is 0 Å². The average molecular weight is 443 g/mol. The summed E-state index contributed by atoms with van der Waals surface area (Å²) < 4.78 is 3.08. The molecule has 0 aliphatic heterocycles. The van der Waals surface area contributed by atoms with Gasteiger partial charge in [-0.3, -0.25) is 4.68 Å². The van der Waals surface area contributed by atoms with Gasteiger partial charge in [0.2, 0.25) is 0 Å². The monoisotopic (exact) mass is 442 g/mol. The van der Waals surface area contributed by atoms with Crippen molar-refractivity contribution in [1.82, 2.24) is 15.1 Å². The third-order valence-electron chi connectivity index (χ3n) is 4.44. The van der Waals surface area contributed by atoms with Crippen molar-refractivity contribution in [2.45, 2.75) is 33.9 Å². The highest BCUT2D eigenvalue weighted by atomic mass is 79.9. The molecule has 2 aromatic carbocycles. The van der Waals surface area contributed by atoms with Gasteiger partial charge in [-0.05, 0) is 56.2 Å². The van der Waals surface area contributed by atoms with Crippen LogP contribution in [0.2, 0.25) is 0 Å². The summed E-state index contributed by atoms with van der Waals surface area (Å²) in [5.41, 5.74) is 6.62. The van der Waals surface area contributed by atoms with Crippen molar-refractivity contribution in [2.75, 3.05) is 5.32 Å². The molecule has 0 aliphatic rings. The second-order valence-electron chi connectivity index (χ2n) is 6.62. The Morgan fingerprint density at radius 1 is 1.00 bits per heavy atom. The predicted molar refractivity (Wildman–Crippen MR) is 119 cm³/mol. The molecular formula is C21H23BrN4S. The van der Waals surface area contributed by atoms with Crippen LogP contribution in [0.1, 0.15) is 28.1 Å². The third kappa shape index (κ3) is 5.17. The fraction of sp³-hybridized carbons (Fsp3) is 0.238. The lowest BCUT2D eigenvalue weighted by Gasteiger charge is -2.11. The van der Waals surface area contributed by atoms with Crippen LogP contribution in [0.25, 0.3) is 0 Å². The van der Waals surface area contributed by atoms with Crippen molar-refractivity contribution in [3.05, 3.63) is 81.1 Å². The normalized spacial score (nSPS) is 10.7. The Morgan fingerprint density at radius 2 is 1.63 bits per heavy atom. The Labute approximate surface area is 174 Å². The fourth-order valence-corrected chi connectivity index (χ4v) is 3.28. The number of aromatic nitrogens is 2. The van der Waals surface area contributed by atoms with Crippen LogP contribution in [0.3, 0.4) is 0 Å². The van der Waals surface area contributed by atoms with Crippen LogP contribution in [0.4, 0.5) is 5.69 Å². The van der Waals surface area contributed by atoms with E-state index in [4.69, 9.17) is 12.2 Å². The molecule has 0 saturated carbocycles. The van der Waals surface area contributed by atoms with Gasteiger partial charge >= 0.3 is 0 Å².